The number of carbonyl (C=O) groups excluding carboxylic acids is 1. The lowest BCUT2D eigenvalue weighted by Gasteiger charge is -2.23. The van der Waals surface area contributed by atoms with E-state index in [4.69, 9.17) is 0 Å². The summed E-state index contributed by atoms with van der Waals surface area (Å²) in [4.78, 5) is 12.1. The molecule has 0 aliphatic carbocycles. The van der Waals surface area contributed by atoms with Crippen molar-refractivity contribution in [2.45, 2.75) is 39.3 Å². The zero-order chi connectivity index (χ0) is 16.2. The van der Waals surface area contributed by atoms with Crippen LogP contribution >= 0.6 is 0 Å². The third-order valence-corrected chi connectivity index (χ3v) is 3.37. The first-order valence-corrected chi connectivity index (χ1v) is 7.47. The summed E-state index contributed by atoms with van der Waals surface area (Å²) in [5.41, 5.74) is 0.175. The highest BCUT2D eigenvalue weighted by Gasteiger charge is 2.26. The number of nitrogens with zero attached hydrogens (tertiary/aromatic N) is 2. The fourth-order valence-electron chi connectivity index (χ4n) is 2.32. The van der Waals surface area contributed by atoms with Crippen LogP contribution in [0.5, 0.6) is 0 Å². The maximum absolute atomic E-state index is 12.1. The van der Waals surface area contributed by atoms with Gasteiger partial charge in [-0.1, -0.05) is 44.2 Å². The van der Waals surface area contributed by atoms with E-state index in [1.807, 2.05) is 30.3 Å². The lowest BCUT2D eigenvalue weighted by atomic mass is 9.92. The zero-order valence-corrected chi connectivity index (χ0v) is 13.3. The molecule has 0 aliphatic rings. The van der Waals surface area contributed by atoms with E-state index >= 15 is 0 Å². The second-order valence-electron chi connectivity index (χ2n) is 6.21. The molecule has 1 aromatic heterocycles. The lowest BCUT2D eigenvalue weighted by molar-refractivity contribution is -0.120. The van der Waals surface area contributed by atoms with Crippen molar-refractivity contribution in [3.8, 4) is 0 Å². The SMILES string of the molecule is CC(C)Cn1cc(NC(=O)CC(C)(O)c2ccccc2)cn1. The fourth-order valence-corrected chi connectivity index (χ4v) is 2.32. The molecule has 0 saturated heterocycles. The smallest absolute Gasteiger partial charge is 0.227 e. The molecular weight excluding hydrogens is 278 g/mol. The number of hydrogen-bond acceptors (Lipinski definition) is 3. The van der Waals surface area contributed by atoms with Gasteiger partial charge in [0.25, 0.3) is 0 Å². The van der Waals surface area contributed by atoms with Gasteiger partial charge in [0, 0.05) is 12.7 Å². The summed E-state index contributed by atoms with van der Waals surface area (Å²) in [6, 6.07) is 9.19. The van der Waals surface area contributed by atoms with E-state index in [0.29, 0.717) is 11.6 Å². The van der Waals surface area contributed by atoms with Gasteiger partial charge in [-0.25, -0.2) is 0 Å². The summed E-state index contributed by atoms with van der Waals surface area (Å²) >= 11 is 0. The molecule has 5 nitrogen and oxygen atoms in total. The van der Waals surface area contributed by atoms with E-state index in [1.165, 1.54) is 0 Å². The Morgan fingerprint density at radius 1 is 1.36 bits per heavy atom. The maximum Gasteiger partial charge on any atom is 0.227 e. The Bertz CT molecular complexity index is 618. The van der Waals surface area contributed by atoms with Crippen molar-refractivity contribution in [3.05, 3.63) is 48.3 Å². The number of hydrogen-bond donors (Lipinski definition) is 2. The molecule has 0 bridgehead atoms. The molecular formula is C17H23N3O2. The van der Waals surface area contributed by atoms with Crippen molar-refractivity contribution in [2.24, 2.45) is 5.92 Å². The maximum atomic E-state index is 12.1. The van der Waals surface area contributed by atoms with E-state index in [1.54, 1.807) is 24.0 Å². The van der Waals surface area contributed by atoms with Crippen LogP contribution in [-0.4, -0.2) is 20.8 Å². The summed E-state index contributed by atoms with van der Waals surface area (Å²) in [5, 5.41) is 17.5. The van der Waals surface area contributed by atoms with Crippen LogP contribution < -0.4 is 5.32 Å². The molecule has 1 atom stereocenters. The highest BCUT2D eigenvalue weighted by atomic mass is 16.3. The number of anilines is 1. The molecule has 2 rings (SSSR count). The second-order valence-corrected chi connectivity index (χ2v) is 6.21. The third kappa shape index (κ3) is 4.43. The first kappa shape index (κ1) is 16.2. The Labute approximate surface area is 131 Å². The Kier molecular flexibility index (Phi) is 4.98. The van der Waals surface area contributed by atoms with Gasteiger partial charge in [-0.05, 0) is 18.4 Å². The van der Waals surface area contributed by atoms with Crippen LogP contribution in [0, 0.1) is 5.92 Å². The molecule has 1 unspecified atom stereocenters. The molecule has 0 spiro atoms. The summed E-state index contributed by atoms with van der Waals surface area (Å²) in [5.74, 6) is 0.250. The van der Waals surface area contributed by atoms with Gasteiger partial charge in [-0.15, -0.1) is 0 Å². The summed E-state index contributed by atoms with van der Waals surface area (Å²) in [6.45, 7) is 6.66. The Balaban J connectivity index is 1.96. The highest BCUT2D eigenvalue weighted by Crippen LogP contribution is 2.24. The Hall–Kier alpha value is -2.14. The first-order valence-electron chi connectivity index (χ1n) is 7.47. The number of aromatic nitrogens is 2. The summed E-state index contributed by atoms with van der Waals surface area (Å²) in [6.07, 6.45) is 3.42. The van der Waals surface area contributed by atoms with Crippen molar-refractivity contribution < 1.29 is 9.90 Å². The number of amides is 1. The largest absolute Gasteiger partial charge is 0.385 e. The third-order valence-electron chi connectivity index (χ3n) is 3.37. The van der Waals surface area contributed by atoms with E-state index in [0.717, 1.165) is 12.1 Å². The van der Waals surface area contributed by atoms with Crippen LogP contribution in [0.4, 0.5) is 5.69 Å². The zero-order valence-electron chi connectivity index (χ0n) is 13.3. The van der Waals surface area contributed by atoms with Crippen LogP contribution in [0.25, 0.3) is 0 Å². The predicted octanol–water partition coefficient (Wildman–Crippen LogP) is 2.78. The minimum Gasteiger partial charge on any atom is -0.385 e. The van der Waals surface area contributed by atoms with Gasteiger partial charge in [0.2, 0.25) is 5.91 Å². The second kappa shape index (κ2) is 6.75. The van der Waals surface area contributed by atoms with Crippen molar-refractivity contribution in [1.82, 2.24) is 9.78 Å². The molecule has 5 heteroatoms. The minimum atomic E-state index is -1.20. The number of rotatable bonds is 6. The normalized spacial score (nSPS) is 13.9. The lowest BCUT2D eigenvalue weighted by Crippen LogP contribution is -2.28. The average molecular weight is 301 g/mol. The summed E-state index contributed by atoms with van der Waals surface area (Å²) < 4.78 is 1.80. The van der Waals surface area contributed by atoms with Gasteiger partial charge in [-0.2, -0.15) is 5.10 Å². The minimum absolute atomic E-state index is 0.00757. The van der Waals surface area contributed by atoms with Crippen LogP contribution in [0.2, 0.25) is 0 Å². The first-order chi connectivity index (χ1) is 10.4. The summed E-state index contributed by atoms with van der Waals surface area (Å²) in [7, 11) is 0. The van der Waals surface area contributed by atoms with Crippen LogP contribution in [0.1, 0.15) is 32.8 Å². The van der Waals surface area contributed by atoms with Gasteiger partial charge < -0.3 is 10.4 Å². The van der Waals surface area contributed by atoms with Crippen molar-refractivity contribution in [2.75, 3.05) is 5.32 Å². The molecule has 1 aromatic carbocycles. The molecule has 0 radical (unpaired) electrons. The molecule has 0 saturated carbocycles. The average Bonchev–Trinajstić information content (AvgIpc) is 2.85. The number of benzene rings is 1. The molecule has 2 N–H and O–H groups in total. The van der Waals surface area contributed by atoms with Crippen LogP contribution in [-0.2, 0) is 16.9 Å². The molecule has 0 fully saturated rings. The van der Waals surface area contributed by atoms with E-state index in [9.17, 15) is 9.90 Å². The number of carbonyl (C=O) groups is 1. The number of aliphatic hydroxyl groups is 1. The van der Waals surface area contributed by atoms with E-state index < -0.39 is 5.60 Å². The molecule has 1 heterocycles. The van der Waals surface area contributed by atoms with Crippen molar-refractivity contribution in [1.29, 1.82) is 0 Å². The molecule has 118 valence electrons. The van der Waals surface area contributed by atoms with Gasteiger partial charge in [-0.3, -0.25) is 9.48 Å². The van der Waals surface area contributed by atoms with Gasteiger partial charge in [0.05, 0.1) is 23.9 Å². The molecule has 1 amide bonds. The quantitative estimate of drug-likeness (QED) is 0.862. The molecule has 0 aliphatic heterocycles. The highest BCUT2D eigenvalue weighted by molar-refractivity contribution is 5.91. The van der Waals surface area contributed by atoms with Crippen molar-refractivity contribution >= 4 is 11.6 Å². The van der Waals surface area contributed by atoms with Crippen LogP contribution in [0.15, 0.2) is 42.7 Å². The Morgan fingerprint density at radius 2 is 2.05 bits per heavy atom. The topological polar surface area (TPSA) is 67.2 Å². The monoisotopic (exact) mass is 301 g/mol. The van der Waals surface area contributed by atoms with Gasteiger partial charge >= 0.3 is 0 Å². The molecule has 22 heavy (non-hydrogen) atoms. The van der Waals surface area contributed by atoms with E-state index in [-0.39, 0.29) is 12.3 Å². The van der Waals surface area contributed by atoms with Crippen molar-refractivity contribution in [3.63, 3.8) is 0 Å². The Morgan fingerprint density at radius 3 is 2.68 bits per heavy atom. The fraction of sp³-hybridized carbons (Fsp3) is 0.412. The van der Waals surface area contributed by atoms with Gasteiger partial charge in [0.1, 0.15) is 0 Å². The predicted molar refractivity (Wildman–Crippen MR) is 86.3 cm³/mol. The molecule has 2 aromatic rings. The standard InChI is InChI=1S/C17H23N3O2/c1-13(2)11-20-12-15(10-18-20)19-16(21)9-17(3,22)14-7-5-4-6-8-14/h4-8,10,12-13,22H,9,11H2,1-3H3,(H,19,21). The van der Waals surface area contributed by atoms with Crippen LogP contribution in [0.3, 0.4) is 0 Å². The number of nitrogens with one attached hydrogen (secondary N) is 1. The van der Waals surface area contributed by atoms with E-state index in [2.05, 4.69) is 24.3 Å². The van der Waals surface area contributed by atoms with Gasteiger partial charge in [0.15, 0.2) is 0 Å².